The number of urea groups is 1. The van der Waals surface area contributed by atoms with E-state index in [9.17, 15) is 18.8 Å². The van der Waals surface area contributed by atoms with Gasteiger partial charge in [-0.1, -0.05) is 13.0 Å². The van der Waals surface area contributed by atoms with Gasteiger partial charge in [-0.2, -0.15) is 0 Å². The molecule has 0 aromatic heterocycles. The van der Waals surface area contributed by atoms with Crippen LogP contribution in [0.5, 0.6) is 5.75 Å². The van der Waals surface area contributed by atoms with Crippen LogP contribution in [0.3, 0.4) is 0 Å². The Morgan fingerprint density at radius 3 is 2.45 bits per heavy atom. The van der Waals surface area contributed by atoms with Gasteiger partial charge in [0.1, 0.15) is 24.8 Å². The first-order valence-electron chi connectivity index (χ1n) is 12.3. The summed E-state index contributed by atoms with van der Waals surface area (Å²) in [5.74, 6) is -0.752. The lowest BCUT2D eigenvalue weighted by molar-refractivity contribution is -0.139. The standard InChI is InChI=1S/C27H35FN4O6/c1-17-13-32(25(33)16-36-4)18(2)15-38-23-12-21(30-27(35)29-20-8-6-7-19(28)11-20)9-10-22(23)26(34)31(3)14-24(17)37-5/h6-12,17-18,24H,13-16H2,1-5H3,(H2,29,30,35)/t17-,18-,24-/m0/s1. The molecule has 11 heteroatoms. The Morgan fingerprint density at radius 2 is 1.79 bits per heavy atom. The molecule has 0 fully saturated rings. The van der Waals surface area contributed by atoms with Crippen LogP contribution in [0, 0.1) is 11.7 Å². The smallest absolute Gasteiger partial charge is 0.323 e. The predicted molar refractivity (Wildman–Crippen MR) is 141 cm³/mol. The van der Waals surface area contributed by atoms with Gasteiger partial charge in [0, 0.05) is 57.7 Å². The van der Waals surface area contributed by atoms with Crippen molar-refractivity contribution < 1.29 is 33.0 Å². The van der Waals surface area contributed by atoms with Crippen LogP contribution in [0.2, 0.25) is 0 Å². The maximum Gasteiger partial charge on any atom is 0.323 e. The minimum atomic E-state index is -0.589. The van der Waals surface area contributed by atoms with E-state index in [0.29, 0.717) is 30.0 Å². The first-order valence-corrected chi connectivity index (χ1v) is 12.3. The van der Waals surface area contributed by atoms with E-state index >= 15 is 0 Å². The maximum atomic E-state index is 13.4. The molecule has 2 aromatic carbocycles. The topological polar surface area (TPSA) is 109 Å². The fourth-order valence-electron chi connectivity index (χ4n) is 4.26. The van der Waals surface area contributed by atoms with E-state index in [0.717, 1.165) is 0 Å². The summed E-state index contributed by atoms with van der Waals surface area (Å²) >= 11 is 0. The van der Waals surface area contributed by atoms with Crippen LogP contribution in [-0.4, -0.2) is 87.4 Å². The summed E-state index contributed by atoms with van der Waals surface area (Å²) in [6.07, 6.45) is -0.315. The second-order valence-corrected chi connectivity index (χ2v) is 9.38. The number of nitrogens with zero attached hydrogens (tertiary/aromatic N) is 2. The largest absolute Gasteiger partial charge is 0.491 e. The van der Waals surface area contributed by atoms with Gasteiger partial charge >= 0.3 is 6.03 Å². The predicted octanol–water partition coefficient (Wildman–Crippen LogP) is 3.45. The number of fused-ring (bicyclic) bond motifs is 1. The molecule has 10 nitrogen and oxygen atoms in total. The summed E-state index contributed by atoms with van der Waals surface area (Å²) in [4.78, 5) is 41.9. The lowest BCUT2D eigenvalue weighted by atomic mass is 10.0. The molecule has 4 amide bonds. The molecule has 0 saturated carbocycles. The van der Waals surface area contributed by atoms with Gasteiger partial charge in [-0.15, -0.1) is 0 Å². The third-order valence-electron chi connectivity index (χ3n) is 6.38. The number of benzene rings is 2. The fraction of sp³-hybridized carbons (Fsp3) is 0.444. The third-order valence-corrected chi connectivity index (χ3v) is 6.38. The highest BCUT2D eigenvalue weighted by Gasteiger charge is 2.30. The van der Waals surface area contributed by atoms with Crippen LogP contribution in [-0.2, 0) is 14.3 Å². The average Bonchev–Trinajstić information content (AvgIpc) is 2.87. The van der Waals surface area contributed by atoms with Crippen molar-refractivity contribution in [1.29, 1.82) is 0 Å². The summed E-state index contributed by atoms with van der Waals surface area (Å²) in [5.41, 5.74) is 0.954. The zero-order valence-corrected chi connectivity index (χ0v) is 22.3. The van der Waals surface area contributed by atoms with Crippen molar-refractivity contribution in [1.82, 2.24) is 9.80 Å². The fourth-order valence-corrected chi connectivity index (χ4v) is 4.26. The highest BCUT2D eigenvalue weighted by Crippen LogP contribution is 2.27. The van der Waals surface area contributed by atoms with Gasteiger partial charge in [0.15, 0.2) is 0 Å². The second kappa shape index (κ2) is 13.2. The van der Waals surface area contributed by atoms with Crippen LogP contribution in [0.25, 0.3) is 0 Å². The van der Waals surface area contributed by atoms with E-state index < -0.39 is 11.8 Å². The lowest BCUT2D eigenvalue weighted by Crippen LogP contribution is -2.49. The van der Waals surface area contributed by atoms with Gasteiger partial charge in [-0.05, 0) is 37.3 Å². The molecule has 0 radical (unpaired) electrons. The van der Waals surface area contributed by atoms with E-state index in [1.54, 1.807) is 48.2 Å². The quantitative estimate of drug-likeness (QED) is 0.613. The first-order chi connectivity index (χ1) is 18.1. The van der Waals surface area contributed by atoms with Crippen molar-refractivity contribution in [2.75, 3.05) is 58.2 Å². The molecular formula is C27H35FN4O6. The van der Waals surface area contributed by atoms with E-state index in [4.69, 9.17) is 14.2 Å². The Kier molecular flexibility index (Phi) is 10.0. The van der Waals surface area contributed by atoms with Crippen molar-refractivity contribution in [3.63, 3.8) is 0 Å². The number of halogens is 1. The Bertz CT molecular complexity index is 1150. The van der Waals surface area contributed by atoms with E-state index in [2.05, 4.69) is 10.6 Å². The second-order valence-electron chi connectivity index (χ2n) is 9.38. The molecule has 3 atom stereocenters. The summed E-state index contributed by atoms with van der Waals surface area (Å²) in [6, 6.07) is 9.29. The number of rotatable bonds is 5. The van der Waals surface area contributed by atoms with E-state index in [1.807, 2.05) is 13.8 Å². The molecule has 0 saturated heterocycles. The van der Waals surface area contributed by atoms with Crippen LogP contribution in [0.15, 0.2) is 42.5 Å². The van der Waals surface area contributed by atoms with Gasteiger partial charge in [0.25, 0.3) is 5.91 Å². The highest BCUT2D eigenvalue weighted by atomic mass is 19.1. The van der Waals surface area contributed by atoms with Crippen molar-refractivity contribution in [3.05, 3.63) is 53.8 Å². The monoisotopic (exact) mass is 530 g/mol. The molecule has 1 aliphatic heterocycles. The van der Waals surface area contributed by atoms with Crippen LogP contribution >= 0.6 is 0 Å². The molecule has 38 heavy (non-hydrogen) atoms. The molecular weight excluding hydrogens is 495 g/mol. The first kappa shape index (κ1) is 28.9. The lowest BCUT2D eigenvalue weighted by Gasteiger charge is -2.36. The van der Waals surface area contributed by atoms with Gasteiger partial charge in [0.05, 0.1) is 17.7 Å². The minimum absolute atomic E-state index is 0.0689. The summed E-state index contributed by atoms with van der Waals surface area (Å²) in [5, 5.41) is 5.23. The Hall–Kier alpha value is -3.70. The third kappa shape index (κ3) is 7.42. The van der Waals surface area contributed by atoms with Crippen LogP contribution in [0.4, 0.5) is 20.6 Å². The maximum absolute atomic E-state index is 13.4. The van der Waals surface area contributed by atoms with Crippen LogP contribution < -0.4 is 15.4 Å². The molecule has 0 spiro atoms. The molecule has 0 unspecified atom stereocenters. The molecule has 1 aliphatic rings. The number of anilines is 2. The average molecular weight is 531 g/mol. The van der Waals surface area contributed by atoms with Gasteiger partial charge < -0.3 is 34.6 Å². The minimum Gasteiger partial charge on any atom is -0.491 e. The molecule has 3 rings (SSSR count). The molecule has 2 N–H and O–H groups in total. The Morgan fingerprint density at radius 1 is 1.08 bits per heavy atom. The summed E-state index contributed by atoms with van der Waals surface area (Å²) < 4.78 is 30.3. The van der Waals surface area contributed by atoms with Crippen LogP contribution in [0.1, 0.15) is 24.2 Å². The molecule has 0 bridgehead atoms. The van der Waals surface area contributed by atoms with E-state index in [-0.39, 0.29) is 48.8 Å². The van der Waals surface area contributed by atoms with Crippen molar-refractivity contribution >= 4 is 29.2 Å². The number of hydrogen-bond donors (Lipinski definition) is 2. The Balaban J connectivity index is 1.88. The number of hydrogen-bond acceptors (Lipinski definition) is 6. The van der Waals surface area contributed by atoms with Gasteiger partial charge in [-0.3, -0.25) is 9.59 Å². The van der Waals surface area contributed by atoms with Gasteiger partial charge in [0.2, 0.25) is 5.91 Å². The number of methoxy groups -OCH3 is 2. The summed E-state index contributed by atoms with van der Waals surface area (Å²) in [7, 11) is 4.72. The number of nitrogens with one attached hydrogen (secondary N) is 2. The number of likely N-dealkylation sites (N-methyl/N-ethyl adjacent to an activating group) is 1. The number of amides is 4. The molecule has 0 aliphatic carbocycles. The normalized spacial score (nSPS) is 20.5. The number of ether oxygens (including phenoxy) is 3. The number of carbonyl (C=O) groups excluding carboxylic acids is 3. The molecule has 206 valence electrons. The Labute approximate surface area is 222 Å². The summed E-state index contributed by atoms with van der Waals surface area (Å²) in [6.45, 7) is 4.55. The van der Waals surface area contributed by atoms with Crippen molar-refractivity contribution in [3.8, 4) is 5.75 Å². The van der Waals surface area contributed by atoms with Crippen molar-refractivity contribution in [2.45, 2.75) is 26.0 Å². The molecule has 2 aromatic rings. The highest BCUT2D eigenvalue weighted by molar-refractivity contribution is 6.01. The van der Waals surface area contributed by atoms with Gasteiger partial charge in [-0.25, -0.2) is 9.18 Å². The zero-order valence-electron chi connectivity index (χ0n) is 22.3. The van der Waals surface area contributed by atoms with E-state index in [1.165, 1.54) is 25.3 Å². The molecule has 1 heterocycles. The SMILES string of the molecule is COCC(=O)N1C[C@H](C)[C@@H](OC)CN(C)C(=O)c2ccc(NC(=O)Nc3cccc(F)c3)cc2OC[C@@H]1C. The van der Waals surface area contributed by atoms with Crippen molar-refractivity contribution in [2.24, 2.45) is 5.92 Å². The number of carbonyl (C=O) groups is 3. The zero-order chi connectivity index (χ0) is 27.8.